The maximum absolute atomic E-state index is 13.2. The first-order chi connectivity index (χ1) is 8.90. The molecule has 0 radical (unpaired) electrons. The van der Waals surface area contributed by atoms with Gasteiger partial charge in [0.1, 0.15) is 11.9 Å². The first-order valence-corrected chi connectivity index (χ1v) is 6.50. The summed E-state index contributed by atoms with van der Waals surface area (Å²) < 4.78 is 13.5. The Morgan fingerprint density at radius 2 is 2.26 bits per heavy atom. The molecule has 3 N–H and O–H groups in total. The van der Waals surface area contributed by atoms with E-state index in [2.05, 4.69) is 21.2 Å². The zero-order chi connectivity index (χ0) is 14.2. The molecule has 1 saturated heterocycles. The Morgan fingerprint density at radius 3 is 2.84 bits per heavy atom. The van der Waals surface area contributed by atoms with Crippen molar-refractivity contribution in [1.29, 1.82) is 0 Å². The molecule has 2 rings (SSSR count). The first-order valence-electron chi connectivity index (χ1n) is 5.70. The number of nitrogens with zero attached hydrogens (tertiary/aromatic N) is 1. The van der Waals surface area contributed by atoms with E-state index in [9.17, 15) is 14.0 Å². The Labute approximate surface area is 118 Å². The predicted molar refractivity (Wildman–Crippen MR) is 72.0 cm³/mol. The van der Waals surface area contributed by atoms with E-state index in [1.54, 1.807) is 11.9 Å². The number of hydrogen-bond acceptors (Lipinski definition) is 3. The minimum atomic E-state index is -0.597. The van der Waals surface area contributed by atoms with Crippen LogP contribution in [0, 0.1) is 5.82 Å². The zero-order valence-electron chi connectivity index (χ0n) is 10.2. The van der Waals surface area contributed by atoms with Gasteiger partial charge in [0.2, 0.25) is 5.91 Å². The van der Waals surface area contributed by atoms with Gasteiger partial charge in [0, 0.05) is 18.1 Å². The zero-order valence-corrected chi connectivity index (χ0v) is 11.8. The highest BCUT2D eigenvalue weighted by molar-refractivity contribution is 9.10. The summed E-state index contributed by atoms with van der Waals surface area (Å²) in [7, 11) is 1.68. The highest BCUT2D eigenvalue weighted by Crippen LogP contribution is 2.23. The molecule has 1 heterocycles. The fourth-order valence-corrected chi connectivity index (χ4v) is 2.43. The van der Waals surface area contributed by atoms with E-state index in [4.69, 9.17) is 5.73 Å². The van der Waals surface area contributed by atoms with E-state index < -0.39 is 17.8 Å². The summed E-state index contributed by atoms with van der Waals surface area (Å²) in [6, 6.07) is 1.85. The number of hydrogen-bond donors (Lipinski definition) is 2. The third-order valence-corrected chi connectivity index (χ3v) is 3.72. The Bertz CT molecular complexity index is 550. The van der Waals surface area contributed by atoms with E-state index in [1.807, 2.05) is 0 Å². The van der Waals surface area contributed by atoms with Gasteiger partial charge in [-0.05, 0) is 34.5 Å². The average molecular weight is 330 g/mol. The SMILES string of the molecule is CN1CCC(NC(=O)c2cc(N)c(F)cc2Br)C1=O. The van der Waals surface area contributed by atoms with Gasteiger partial charge in [-0.3, -0.25) is 9.59 Å². The van der Waals surface area contributed by atoms with Crippen molar-refractivity contribution in [3.63, 3.8) is 0 Å². The molecule has 102 valence electrons. The molecule has 1 fully saturated rings. The van der Waals surface area contributed by atoms with Gasteiger partial charge >= 0.3 is 0 Å². The normalized spacial score (nSPS) is 18.8. The summed E-state index contributed by atoms with van der Waals surface area (Å²) >= 11 is 3.11. The van der Waals surface area contributed by atoms with Gasteiger partial charge in [-0.1, -0.05) is 0 Å². The van der Waals surface area contributed by atoms with E-state index in [0.29, 0.717) is 17.4 Å². The lowest BCUT2D eigenvalue weighted by Gasteiger charge is -2.13. The number of benzene rings is 1. The lowest BCUT2D eigenvalue weighted by atomic mass is 10.1. The molecule has 1 aliphatic rings. The summed E-state index contributed by atoms with van der Waals surface area (Å²) in [5.74, 6) is -1.17. The van der Waals surface area contributed by atoms with Gasteiger partial charge in [-0.25, -0.2) is 4.39 Å². The summed E-state index contributed by atoms with van der Waals surface area (Å²) in [5, 5.41) is 2.62. The lowest BCUT2D eigenvalue weighted by molar-refractivity contribution is -0.128. The number of nitrogens with one attached hydrogen (secondary N) is 1. The Hall–Kier alpha value is -1.63. The molecule has 19 heavy (non-hydrogen) atoms. The minimum Gasteiger partial charge on any atom is -0.396 e. The molecule has 0 aromatic heterocycles. The molecule has 0 spiro atoms. The Kier molecular flexibility index (Phi) is 3.75. The number of amides is 2. The van der Waals surface area contributed by atoms with E-state index in [0.717, 1.165) is 6.07 Å². The van der Waals surface area contributed by atoms with Gasteiger partial charge in [-0.15, -0.1) is 0 Å². The second-order valence-electron chi connectivity index (χ2n) is 4.43. The minimum absolute atomic E-state index is 0.108. The summed E-state index contributed by atoms with van der Waals surface area (Å²) in [5.41, 5.74) is 5.54. The molecule has 1 unspecified atom stereocenters. The monoisotopic (exact) mass is 329 g/mol. The second kappa shape index (κ2) is 5.16. The van der Waals surface area contributed by atoms with Crippen molar-refractivity contribution in [2.24, 2.45) is 0 Å². The molecule has 1 aliphatic heterocycles. The molecule has 0 bridgehead atoms. The fraction of sp³-hybridized carbons (Fsp3) is 0.333. The standard InChI is InChI=1S/C12H13BrFN3O2/c1-17-3-2-10(12(17)19)16-11(18)6-4-9(15)8(14)5-7(6)13/h4-5,10H,2-3,15H2,1H3,(H,16,18). The van der Waals surface area contributed by atoms with Crippen LogP contribution in [0.5, 0.6) is 0 Å². The van der Waals surface area contributed by atoms with Crippen LogP contribution in [0.2, 0.25) is 0 Å². The summed E-state index contributed by atoms with van der Waals surface area (Å²) in [6.45, 7) is 0.608. The molecular weight excluding hydrogens is 317 g/mol. The quantitative estimate of drug-likeness (QED) is 0.799. The molecule has 7 heteroatoms. The fourth-order valence-electron chi connectivity index (χ4n) is 1.93. The van der Waals surface area contributed by atoms with Crippen LogP contribution < -0.4 is 11.1 Å². The number of likely N-dealkylation sites (tertiary alicyclic amines) is 1. The molecule has 1 aromatic rings. The number of rotatable bonds is 2. The van der Waals surface area contributed by atoms with E-state index in [1.165, 1.54) is 6.07 Å². The molecular formula is C12H13BrFN3O2. The van der Waals surface area contributed by atoms with E-state index in [-0.39, 0.29) is 17.2 Å². The first kappa shape index (κ1) is 13.8. The summed E-state index contributed by atoms with van der Waals surface area (Å²) in [6.07, 6.45) is 0.565. The van der Waals surface area contributed by atoms with Gasteiger partial charge in [0.15, 0.2) is 0 Å². The number of carbonyl (C=O) groups excluding carboxylic acids is 2. The second-order valence-corrected chi connectivity index (χ2v) is 5.28. The Morgan fingerprint density at radius 1 is 1.58 bits per heavy atom. The van der Waals surface area contributed by atoms with Crippen LogP contribution in [0.25, 0.3) is 0 Å². The van der Waals surface area contributed by atoms with Crippen molar-refractivity contribution in [3.05, 3.63) is 28.0 Å². The van der Waals surface area contributed by atoms with Crippen molar-refractivity contribution in [2.75, 3.05) is 19.3 Å². The van der Waals surface area contributed by atoms with Gasteiger partial charge in [0.05, 0.1) is 11.3 Å². The molecule has 5 nitrogen and oxygen atoms in total. The van der Waals surface area contributed by atoms with Crippen molar-refractivity contribution >= 4 is 33.4 Å². The van der Waals surface area contributed by atoms with Gasteiger partial charge < -0.3 is 16.0 Å². The highest BCUT2D eigenvalue weighted by Gasteiger charge is 2.30. The molecule has 2 amide bonds. The number of nitrogen functional groups attached to an aromatic ring is 1. The number of nitrogens with two attached hydrogens (primary N) is 1. The van der Waals surface area contributed by atoms with E-state index >= 15 is 0 Å². The number of likely N-dealkylation sites (N-methyl/N-ethyl adjacent to an activating group) is 1. The van der Waals surface area contributed by atoms with Crippen molar-refractivity contribution in [1.82, 2.24) is 10.2 Å². The highest BCUT2D eigenvalue weighted by atomic mass is 79.9. The third kappa shape index (κ3) is 2.70. The molecule has 0 aliphatic carbocycles. The van der Waals surface area contributed by atoms with Crippen LogP contribution in [-0.2, 0) is 4.79 Å². The topological polar surface area (TPSA) is 75.4 Å². The van der Waals surface area contributed by atoms with Crippen molar-refractivity contribution < 1.29 is 14.0 Å². The van der Waals surface area contributed by atoms with Crippen LogP contribution in [0.1, 0.15) is 16.8 Å². The molecule has 0 saturated carbocycles. The van der Waals surface area contributed by atoms with Crippen molar-refractivity contribution in [2.45, 2.75) is 12.5 Å². The van der Waals surface area contributed by atoms with Crippen LogP contribution in [0.15, 0.2) is 16.6 Å². The molecule has 1 atom stereocenters. The number of anilines is 1. The maximum atomic E-state index is 13.2. The van der Waals surface area contributed by atoms with Gasteiger partial charge in [0.25, 0.3) is 5.91 Å². The summed E-state index contributed by atoms with van der Waals surface area (Å²) in [4.78, 5) is 25.3. The van der Waals surface area contributed by atoms with Crippen LogP contribution in [0.3, 0.4) is 0 Å². The van der Waals surface area contributed by atoms with Crippen LogP contribution >= 0.6 is 15.9 Å². The van der Waals surface area contributed by atoms with Gasteiger partial charge in [-0.2, -0.15) is 0 Å². The smallest absolute Gasteiger partial charge is 0.253 e. The van der Waals surface area contributed by atoms with Crippen LogP contribution in [-0.4, -0.2) is 36.3 Å². The Balaban J connectivity index is 2.17. The van der Waals surface area contributed by atoms with Crippen LogP contribution in [0.4, 0.5) is 10.1 Å². The largest absolute Gasteiger partial charge is 0.396 e. The predicted octanol–water partition coefficient (Wildman–Crippen LogP) is 1.13. The molecule has 1 aromatic carbocycles. The number of carbonyl (C=O) groups is 2. The maximum Gasteiger partial charge on any atom is 0.253 e. The van der Waals surface area contributed by atoms with Crippen molar-refractivity contribution in [3.8, 4) is 0 Å². The third-order valence-electron chi connectivity index (χ3n) is 3.06. The average Bonchev–Trinajstić information content (AvgIpc) is 2.65. The lowest BCUT2D eigenvalue weighted by Crippen LogP contribution is -2.40. The number of halogens is 2.